The number of amides is 1. The molecule has 7 nitrogen and oxygen atoms in total. The topological polar surface area (TPSA) is 94.1 Å². The highest BCUT2D eigenvalue weighted by Gasteiger charge is 2.12. The quantitative estimate of drug-likeness (QED) is 0.371. The van der Waals surface area contributed by atoms with Gasteiger partial charge in [0.15, 0.2) is 6.61 Å². The predicted molar refractivity (Wildman–Crippen MR) is 114 cm³/mol. The van der Waals surface area contributed by atoms with Gasteiger partial charge in [-0.25, -0.2) is 4.98 Å². The lowest BCUT2D eigenvalue weighted by molar-refractivity contribution is -0.144. The molecule has 0 aliphatic carbocycles. The first-order valence-electron chi connectivity index (χ1n) is 8.76. The number of ether oxygens (including phenoxy) is 1. The molecule has 2 heterocycles. The molecule has 0 saturated carbocycles. The number of esters is 1. The summed E-state index contributed by atoms with van der Waals surface area (Å²) in [6.45, 7) is 1.65. The molecule has 2 aromatic carbocycles. The number of hydrogen-bond donors (Lipinski definition) is 1. The Bertz CT molecular complexity index is 1210. The fraction of sp³-hybridized carbons (Fsp3) is 0.150. The highest BCUT2D eigenvalue weighted by molar-refractivity contribution is 7.99. The van der Waals surface area contributed by atoms with Crippen molar-refractivity contribution >= 4 is 63.0 Å². The summed E-state index contributed by atoms with van der Waals surface area (Å²) in [5.74, 6) is -0.835. The van der Waals surface area contributed by atoms with Crippen LogP contribution in [0.25, 0.3) is 21.9 Å². The van der Waals surface area contributed by atoms with Gasteiger partial charge in [-0.1, -0.05) is 36.0 Å². The van der Waals surface area contributed by atoms with Gasteiger partial charge in [-0.15, -0.1) is 0 Å². The molecule has 4 rings (SSSR count). The molecule has 9 heteroatoms. The number of carbonyl (C=O) groups excluding carboxylic acids is 2. The van der Waals surface area contributed by atoms with E-state index >= 15 is 0 Å². The minimum atomic E-state index is -0.480. The fourth-order valence-electron chi connectivity index (χ4n) is 2.81. The molecule has 0 radical (unpaired) electrons. The van der Waals surface area contributed by atoms with Crippen molar-refractivity contribution in [2.45, 2.75) is 11.9 Å². The Morgan fingerprint density at radius 2 is 1.93 bits per heavy atom. The Labute approximate surface area is 174 Å². The average Bonchev–Trinajstić information content (AvgIpc) is 3.21. The fourth-order valence-corrected chi connectivity index (χ4v) is 4.13. The van der Waals surface area contributed by atoms with Crippen molar-refractivity contribution in [2.24, 2.45) is 0 Å². The van der Waals surface area contributed by atoms with Crippen LogP contribution in [0.3, 0.4) is 0 Å². The number of fused-ring (bicyclic) bond motifs is 2. The van der Waals surface area contributed by atoms with Gasteiger partial charge >= 0.3 is 5.97 Å². The maximum absolute atomic E-state index is 12.1. The van der Waals surface area contributed by atoms with Crippen molar-refractivity contribution < 1.29 is 14.3 Å². The van der Waals surface area contributed by atoms with E-state index in [0.717, 1.165) is 33.2 Å². The van der Waals surface area contributed by atoms with Crippen LogP contribution in [0.4, 0.5) is 5.69 Å². The SMILES string of the molecule is Cc1cc(SCC(=O)OCC(=O)Nc2cccc3nsnc23)nc2ccccc12. The molecule has 29 heavy (non-hydrogen) atoms. The van der Waals surface area contributed by atoms with Crippen LogP contribution in [0, 0.1) is 6.92 Å². The van der Waals surface area contributed by atoms with Crippen LogP contribution in [-0.2, 0) is 14.3 Å². The van der Waals surface area contributed by atoms with Crippen molar-refractivity contribution in [1.29, 1.82) is 0 Å². The first-order valence-corrected chi connectivity index (χ1v) is 10.5. The van der Waals surface area contributed by atoms with Crippen LogP contribution >= 0.6 is 23.5 Å². The minimum absolute atomic E-state index is 0.0731. The lowest BCUT2D eigenvalue weighted by atomic mass is 10.1. The van der Waals surface area contributed by atoms with Gasteiger partial charge in [-0.05, 0) is 36.8 Å². The summed E-state index contributed by atoms with van der Waals surface area (Å²) < 4.78 is 13.4. The third-order valence-corrected chi connectivity index (χ3v) is 5.59. The Morgan fingerprint density at radius 3 is 2.83 bits per heavy atom. The maximum atomic E-state index is 12.1. The molecular formula is C20H16N4O3S2. The number of carbonyl (C=O) groups is 2. The van der Waals surface area contributed by atoms with Crippen LogP contribution in [0.2, 0.25) is 0 Å². The number of nitrogens with one attached hydrogen (secondary N) is 1. The summed E-state index contributed by atoms with van der Waals surface area (Å²) in [5, 5.41) is 4.52. The van der Waals surface area contributed by atoms with Crippen molar-refractivity contribution in [2.75, 3.05) is 17.7 Å². The van der Waals surface area contributed by atoms with Gasteiger partial charge in [0, 0.05) is 5.39 Å². The van der Waals surface area contributed by atoms with Gasteiger partial charge < -0.3 is 10.1 Å². The van der Waals surface area contributed by atoms with E-state index in [1.54, 1.807) is 12.1 Å². The lowest BCUT2D eigenvalue weighted by Crippen LogP contribution is -2.21. The number of thioether (sulfide) groups is 1. The Morgan fingerprint density at radius 1 is 1.10 bits per heavy atom. The van der Waals surface area contributed by atoms with E-state index in [9.17, 15) is 9.59 Å². The van der Waals surface area contributed by atoms with Gasteiger partial charge in [0.25, 0.3) is 5.91 Å². The molecule has 0 unspecified atom stereocenters. The van der Waals surface area contributed by atoms with Crippen molar-refractivity contribution in [3.05, 3.63) is 54.1 Å². The standard InChI is InChI=1S/C20H16N4O3S2/c1-12-9-18(22-14-6-3-2-5-13(12)14)28-11-19(26)27-10-17(25)21-15-7-4-8-16-20(15)24-29-23-16/h2-9H,10-11H2,1H3,(H,21,25). The zero-order chi connectivity index (χ0) is 20.2. The van der Waals surface area contributed by atoms with Gasteiger partial charge in [-0.3, -0.25) is 9.59 Å². The summed E-state index contributed by atoms with van der Waals surface area (Å²) in [6, 6.07) is 15.1. The monoisotopic (exact) mass is 424 g/mol. The smallest absolute Gasteiger partial charge is 0.316 e. The van der Waals surface area contributed by atoms with Crippen LogP contribution in [0.15, 0.2) is 53.6 Å². The third kappa shape index (κ3) is 4.52. The number of benzene rings is 2. The van der Waals surface area contributed by atoms with Crippen molar-refractivity contribution in [3.8, 4) is 0 Å². The lowest BCUT2D eigenvalue weighted by Gasteiger charge is -2.08. The van der Waals surface area contributed by atoms with Gasteiger partial charge in [0.2, 0.25) is 0 Å². The van der Waals surface area contributed by atoms with Gasteiger partial charge in [0.05, 0.1) is 33.7 Å². The third-order valence-electron chi connectivity index (χ3n) is 4.16. The first-order chi connectivity index (χ1) is 14.1. The molecule has 146 valence electrons. The molecule has 0 spiro atoms. The second kappa shape index (κ2) is 8.54. The molecule has 0 aliphatic rings. The van der Waals surface area contributed by atoms with E-state index in [0.29, 0.717) is 16.7 Å². The Balaban J connectivity index is 1.30. The highest BCUT2D eigenvalue weighted by Crippen LogP contribution is 2.24. The van der Waals surface area contributed by atoms with E-state index in [-0.39, 0.29) is 12.4 Å². The first kappa shape index (κ1) is 19.3. The molecule has 1 amide bonds. The molecule has 0 saturated heterocycles. The van der Waals surface area contributed by atoms with Gasteiger partial charge in [-0.2, -0.15) is 8.75 Å². The van der Waals surface area contributed by atoms with Crippen molar-refractivity contribution in [1.82, 2.24) is 13.7 Å². The second-order valence-corrected chi connectivity index (χ2v) is 7.75. The summed E-state index contributed by atoms with van der Waals surface area (Å²) in [6.07, 6.45) is 0. The van der Waals surface area contributed by atoms with E-state index in [2.05, 4.69) is 19.0 Å². The normalized spacial score (nSPS) is 10.9. The summed E-state index contributed by atoms with van der Waals surface area (Å²) in [4.78, 5) is 28.7. The minimum Gasteiger partial charge on any atom is -0.455 e. The number of aryl methyl sites for hydroxylation is 1. The van der Waals surface area contributed by atoms with Gasteiger partial charge in [0.1, 0.15) is 11.0 Å². The number of nitrogens with zero attached hydrogens (tertiary/aromatic N) is 3. The molecule has 0 atom stereocenters. The largest absolute Gasteiger partial charge is 0.455 e. The average molecular weight is 425 g/mol. The van der Waals surface area contributed by atoms with Crippen LogP contribution < -0.4 is 5.32 Å². The molecule has 1 N–H and O–H groups in total. The number of aromatic nitrogens is 3. The predicted octanol–water partition coefficient (Wildman–Crippen LogP) is 3.82. The van der Waals surface area contributed by atoms with Crippen LogP contribution in [-0.4, -0.2) is 38.0 Å². The Hall–Kier alpha value is -3.04. The summed E-state index contributed by atoms with van der Waals surface area (Å²) >= 11 is 2.36. The number of pyridine rings is 1. The zero-order valence-electron chi connectivity index (χ0n) is 15.4. The molecule has 2 aromatic heterocycles. The number of anilines is 1. The number of hydrogen-bond acceptors (Lipinski definition) is 8. The van der Waals surface area contributed by atoms with E-state index < -0.39 is 11.9 Å². The highest BCUT2D eigenvalue weighted by atomic mass is 32.2. The molecular weight excluding hydrogens is 408 g/mol. The number of para-hydroxylation sites is 1. The van der Waals surface area contributed by atoms with Crippen LogP contribution in [0.5, 0.6) is 0 Å². The summed E-state index contributed by atoms with van der Waals surface area (Å²) in [7, 11) is 0. The molecule has 0 aliphatic heterocycles. The van der Waals surface area contributed by atoms with Crippen molar-refractivity contribution in [3.63, 3.8) is 0 Å². The van der Waals surface area contributed by atoms with Crippen LogP contribution in [0.1, 0.15) is 5.56 Å². The van der Waals surface area contributed by atoms with E-state index in [1.165, 1.54) is 11.8 Å². The molecule has 4 aromatic rings. The maximum Gasteiger partial charge on any atom is 0.316 e. The van der Waals surface area contributed by atoms with E-state index in [4.69, 9.17) is 4.74 Å². The number of rotatable bonds is 6. The van der Waals surface area contributed by atoms with E-state index in [1.807, 2.05) is 43.3 Å². The molecule has 0 fully saturated rings. The zero-order valence-corrected chi connectivity index (χ0v) is 17.0. The summed E-state index contributed by atoms with van der Waals surface area (Å²) in [5.41, 5.74) is 3.84. The Kier molecular flexibility index (Phi) is 5.68. The molecule has 0 bridgehead atoms. The second-order valence-electron chi connectivity index (χ2n) is 6.23.